The molecule has 1 N–H and O–H groups in total. The second-order valence-electron chi connectivity index (χ2n) is 3.19. The summed E-state index contributed by atoms with van der Waals surface area (Å²) in [4.78, 5) is 4.14. The zero-order valence-electron chi connectivity index (χ0n) is 9.06. The van der Waals surface area contributed by atoms with Gasteiger partial charge in [-0.1, -0.05) is 43.7 Å². The number of nitrogens with zero attached hydrogens (tertiary/aromatic N) is 2. The van der Waals surface area contributed by atoms with Gasteiger partial charge >= 0.3 is 0 Å². The Morgan fingerprint density at radius 2 is 2.07 bits per heavy atom. The van der Waals surface area contributed by atoms with E-state index in [-0.39, 0.29) is 0 Å². The standard InChI is InChI=1S/C12H17N3/c1-2-3-9-13-11-15-14-10-12-7-5-4-6-8-12/h4-8,10-11H,2-3,9H2,1H3,(H,13,15)/b14-10+. The molecule has 0 unspecified atom stereocenters. The predicted molar refractivity (Wildman–Crippen MR) is 65.4 cm³/mol. The van der Waals surface area contributed by atoms with Crippen LogP contribution >= 0.6 is 0 Å². The fourth-order valence-electron chi connectivity index (χ4n) is 1.04. The summed E-state index contributed by atoms with van der Waals surface area (Å²) >= 11 is 0. The Labute approximate surface area is 90.9 Å². The molecular formula is C12H17N3. The lowest BCUT2D eigenvalue weighted by molar-refractivity contribution is 0.806. The zero-order valence-corrected chi connectivity index (χ0v) is 9.06. The van der Waals surface area contributed by atoms with Gasteiger partial charge in [0.05, 0.1) is 6.21 Å². The highest BCUT2D eigenvalue weighted by molar-refractivity contribution is 5.79. The van der Waals surface area contributed by atoms with Crippen molar-refractivity contribution in [3.05, 3.63) is 35.9 Å². The van der Waals surface area contributed by atoms with E-state index in [1.54, 1.807) is 12.6 Å². The molecule has 3 nitrogen and oxygen atoms in total. The molecule has 0 saturated carbocycles. The molecule has 0 aromatic heterocycles. The number of nitrogens with one attached hydrogen (secondary N) is 1. The van der Waals surface area contributed by atoms with E-state index in [0.29, 0.717) is 0 Å². The minimum Gasteiger partial charge on any atom is -0.274 e. The Morgan fingerprint density at radius 3 is 2.80 bits per heavy atom. The average molecular weight is 203 g/mol. The van der Waals surface area contributed by atoms with Crippen molar-refractivity contribution in [3.63, 3.8) is 0 Å². The van der Waals surface area contributed by atoms with E-state index in [9.17, 15) is 0 Å². The van der Waals surface area contributed by atoms with Crippen molar-refractivity contribution in [2.45, 2.75) is 19.8 Å². The molecule has 0 radical (unpaired) electrons. The first-order valence-corrected chi connectivity index (χ1v) is 5.25. The lowest BCUT2D eigenvalue weighted by atomic mass is 10.2. The van der Waals surface area contributed by atoms with Gasteiger partial charge in [0.1, 0.15) is 6.34 Å². The van der Waals surface area contributed by atoms with E-state index in [0.717, 1.165) is 18.5 Å². The molecule has 0 atom stereocenters. The molecule has 1 aromatic carbocycles. The zero-order chi connectivity index (χ0) is 10.8. The SMILES string of the molecule is CCCCN=CN/N=C/c1ccccc1. The van der Waals surface area contributed by atoms with E-state index in [1.807, 2.05) is 30.3 Å². The maximum Gasteiger partial charge on any atom is 0.103 e. The molecule has 1 aromatic rings. The topological polar surface area (TPSA) is 36.8 Å². The second kappa shape index (κ2) is 7.74. The van der Waals surface area contributed by atoms with Crippen molar-refractivity contribution in [1.82, 2.24) is 5.43 Å². The molecule has 0 amide bonds. The maximum absolute atomic E-state index is 4.14. The van der Waals surface area contributed by atoms with Crippen molar-refractivity contribution >= 4 is 12.6 Å². The number of rotatable bonds is 6. The van der Waals surface area contributed by atoms with Crippen LogP contribution in [0.2, 0.25) is 0 Å². The minimum absolute atomic E-state index is 0.865. The molecule has 80 valence electrons. The normalized spacial score (nSPS) is 11.3. The van der Waals surface area contributed by atoms with Crippen LogP contribution in [0.15, 0.2) is 40.4 Å². The van der Waals surface area contributed by atoms with E-state index < -0.39 is 0 Å². The van der Waals surface area contributed by atoms with Gasteiger partial charge in [0.25, 0.3) is 0 Å². The van der Waals surface area contributed by atoms with Crippen LogP contribution in [0.1, 0.15) is 25.3 Å². The van der Waals surface area contributed by atoms with Gasteiger partial charge in [0, 0.05) is 6.54 Å². The largest absolute Gasteiger partial charge is 0.274 e. The second-order valence-corrected chi connectivity index (χ2v) is 3.19. The molecule has 0 saturated heterocycles. The Hall–Kier alpha value is -1.64. The van der Waals surface area contributed by atoms with Gasteiger partial charge in [0.15, 0.2) is 0 Å². The van der Waals surface area contributed by atoms with Gasteiger partial charge in [-0.2, -0.15) is 5.10 Å². The number of unbranched alkanes of at least 4 members (excludes halogenated alkanes) is 1. The lowest BCUT2D eigenvalue weighted by Gasteiger charge is -1.92. The summed E-state index contributed by atoms with van der Waals surface area (Å²) in [5, 5.41) is 4.01. The third-order valence-corrected chi connectivity index (χ3v) is 1.88. The first-order chi connectivity index (χ1) is 7.43. The highest BCUT2D eigenvalue weighted by Gasteiger charge is 1.81. The molecule has 0 aliphatic carbocycles. The Bertz CT molecular complexity index is 304. The maximum atomic E-state index is 4.14. The van der Waals surface area contributed by atoms with Crippen LogP contribution in [-0.4, -0.2) is 19.1 Å². The van der Waals surface area contributed by atoms with Crippen LogP contribution in [0.25, 0.3) is 0 Å². The minimum atomic E-state index is 0.865. The molecule has 0 aliphatic rings. The molecule has 0 aliphatic heterocycles. The van der Waals surface area contributed by atoms with E-state index in [4.69, 9.17) is 0 Å². The van der Waals surface area contributed by atoms with Crippen LogP contribution in [0.4, 0.5) is 0 Å². The molecule has 15 heavy (non-hydrogen) atoms. The quantitative estimate of drug-likeness (QED) is 0.328. The summed E-state index contributed by atoms with van der Waals surface area (Å²) in [7, 11) is 0. The number of hydrogen-bond acceptors (Lipinski definition) is 2. The van der Waals surface area contributed by atoms with Crippen LogP contribution < -0.4 is 5.43 Å². The third kappa shape index (κ3) is 5.62. The molecule has 1 rings (SSSR count). The molecular weight excluding hydrogens is 186 g/mol. The van der Waals surface area contributed by atoms with Crippen molar-refractivity contribution in [2.75, 3.05) is 6.54 Å². The summed E-state index contributed by atoms with van der Waals surface area (Å²) in [5.41, 5.74) is 3.85. The smallest absolute Gasteiger partial charge is 0.103 e. The number of hydrogen-bond donors (Lipinski definition) is 1. The Morgan fingerprint density at radius 1 is 1.27 bits per heavy atom. The number of benzene rings is 1. The fraction of sp³-hybridized carbons (Fsp3) is 0.333. The molecule has 3 heteroatoms. The highest BCUT2D eigenvalue weighted by Crippen LogP contribution is 1.92. The summed E-state index contributed by atoms with van der Waals surface area (Å²) in [5.74, 6) is 0. The summed E-state index contributed by atoms with van der Waals surface area (Å²) in [6, 6.07) is 9.95. The molecule has 0 fully saturated rings. The average Bonchev–Trinajstić information content (AvgIpc) is 2.29. The number of aliphatic imine (C=N–C) groups is 1. The number of hydrazone groups is 1. The fourth-order valence-corrected chi connectivity index (χ4v) is 1.04. The van der Waals surface area contributed by atoms with E-state index in [2.05, 4.69) is 22.4 Å². The molecule has 0 bridgehead atoms. The van der Waals surface area contributed by atoms with Gasteiger partial charge in [-0.05, 0) is 12.0 Å². The van der Waals surface area contributed by atoms with Crippen LogP contribution in [0.3, 0.4) is 0 Å². The van der Waals surface area contributed by atoms with Crippen LogP contribution in [0, 0.1) is 0 Å². The van der Waals surface area contributed by atoms with Crippen LogP contribution in [0.5, 0.6) is 0 Å². The molecule has 0 heterocycles. The van der Waals surface area contributed by atoms with Gasteiger partial charge in [0.2, 0.25) is 0 Å². The first kappa shape index (κ1) is 11.4. The van der Waals surface area contributed by atoms with Crippen molar-refractivity contribution in [1.29, 1.82) is 0 Å². The third-order valence-electron chi connectivity index (χ3n) is 1.88. The van der Waals surface area contributed by atoms with Gasteiger partial charge < -0.3 is 0 Å². The van der Waals surface area contributed by atoms with E-state index >= 15 is 0 Å². The van der Waals surface area contributed by atoms with Gasteiger partial charge in [-0.3, -0.25) is 10.4 Å². The predicted octanol–water partition coefficient (Wildman–Crippen LogP) is 2.44. The molecule has 0 spiro atoms. The lowest BCUT2D eigenvalue weighted by Crippen LogP contribution is -2.02. The van der Waals surface area contributed by atoms with Crippen molar-refractivity contribution in [3.8, 4) is 0 Å². The summed E-state index contributed by atoms with van der Waals surface area (Å²) in [6.45, 7) is 3.01. The summed E-state index contributed by atoms with van der Waals surface area (Å²) in [6.07, 6.45) is 5.70. The Balaban J connectivity index is 2.20. The van der Waals surface area contributed by atoms with Crippen molar-refractivity contribution in [2.24, 2.45) is 10.1 Å². The van der Waals surface area contributed by atoms with Crippen LogP contribution in [-0.2, 0) is 0 Å². The van der Waals surface area contributed by atoms with E-state index in [1.165, 1.54) is 6.42 Å². The van der Waals surface area contributed by atoms with Gasteiger partial charge in [-0.15, -0.1) is 0 Å². The van der Waals surface area contributed by atoms with Crippen molar-refractivity contribution < 1.29 is 0 Å². The monoisotopic (exact) mass is 203 g/mol. The van der Waals surface area contributed by atoms with Gasteiger partial charge in [-0.25, -0.2) is 0 Å². The summed E-state index contributed by atoms with van der Waals surface area (Å²) < 4.78 is 0. The first-order valence-electron chi connectivity index (χ1n) is 5.25. The Kier molecular flexibility index (Phi) is 5.90. The highest BCUT2D eigenvalue weighted by atomic mass is 15.3.